The molecule has 0 saturated heterocycles. The molecular weight excluding hydrogens is 240 g/mol. The minimum absolute atomic E-state index is 0.115. The van der Waals surface area contributed by atoms with E-state index >= 15 is 0 Å². The molecule has 0 N–H and O–H groups in total. The third kappa shape index (κ3) is 7.44. The van der Waals surface area contributed by atoms with Crippen LogP contribution in [0.5, 0.6) is 0 Å². The topological polar surface area (TPSA) is 26.3 Å². The van der Waals surface area contributed by atoms with Gasteiger partial charge in [-0.15, -0.1) is 0 Å². The lowest BCUT2D eigenvalue weighted by Gasteiger charge is -2.28. The number of carbonyl (C=O) groups is 1. The fourth-order valence-corrected chi connectivity index (χ4v) is 2.14. The molecule has 0 amide bonds. The highest BCUT2D eigenvalue weighted by Crippen LogP contribution is 2.29. The van der Waals surface area contributed by atoms with Crippen LogP contribution in [0.1, 0.15) is 46.0 Å². The largest absolute Gasteiger partial charge is 0.465 e. The van der Waals surface area contributed by atoms with Gasteiger partial charge in [0, 0.05) is 11.2 Å². The molecule has 4 heteroatoms. The first-order valence-electron chi connectivity index (χ1n) is 5.95. The molecule has 0 aliphatic rings. The van der Waals surface area contributed by atoms with Crippen LogP contribution in [0.3, 0.4) is 0 Å². The molecule has 0 radical (unpaired) electrons. The second-order valence-corrected chi connectivity index (χ2v) is 5.42. The van der Waals surface area contributed by atoms with E-state index in [9.17, 15) is 4.79 Å². The van der Waals surface area contributed by atoms with E-state index in [0.717, 1.165) is 31.4 Å². The van der Waals surface area contributed by atoms with Crippen LogP contribution in [0.15, 0.2) is 0 Å². The van der Waals surface area contributed by atoms with Gasteiger partial charge in [0.15, 0.2) is 0 Å². The van der Waals surface area contributed by atoms with Gasteiger partial charge in [0.1, 0.15) is 0 Å². The van der Waals surface area contributed by atoms with E-state index in [-0.39, 0.29) is 11.4 Å². The highest BCUT2D eigenvalue weighted by Gasteiger charge is 2.24. The van der Waals surface area contributed by atoms with E-state index in [1.165, 1.54) is 0 Å². The highest BCUT2D eigenvalue weighted by atomic mass is 32.1. The third-order valence-corrected chi connectivity index (χ3v) is 3.23. The molecule has 0 fully saturated rings. The van der Waals surface area contributed by atoms with Crippen molar-refractivity contribution in [2.45, 2.75) is 46.0 Å². The van der Waals surface area contributed by atoms with Gasteiger partial charge < -0.3 is 4.74 Å². The fraction of sp³-hybridized carbons (Fsp3) is 0.917. The number of carbonyl (C=O) groups excluding carboxylic acids is 1. The molecule has 0 bridgehead atoms. The Kier molecular flexibility index (Phi) is 9.32. The summed E-state index contributed by atoms with van der Waals surface area (Å²) in [5.74, 6) is 1.31. The summed E-state index contributed by atoms with van der Waals surface area (Å²) in [5.41, 5.74) is 0.115. The van der Waals surface area contributed by atoms with Crippen LogP contribution in [0, 0.1) is 5.41 Å². The van der Waals surface area contributed by atoms with Gasteiger partial charge in [-0.2, -0.15) is 25.3 Å². The van der Waals surface area contributed by atoms with E-state index in [2.05, 4.69) is 39.1 Å². The van der Waals surface area contributed by atoms with Crippen LogP contribution in [-0.4, -0.2) is 24.1 Å². The molecule has 0 aromatic heterocycles. The van der Waals surface area contributed by atoms with Crippen molar-refractivity contribution in [1.82, 2.24) is 0 Å². The summed E-state index contributed by atoms with van der Waals surface area (Å²) in [7, 11) is 0. The van der Waals surface area contributed by atoms with Crippen molar-refractivity contribution in [3.05, 3.63) is 0 Å². The van der Waals surface area contributed by atoms with Crippen molar-refractivity contribution in [2.24, 2.45) is 5.41 Å². The van der Waals surface area contributed by atoms with Crippen molar-refractivity contribution in [3.63, 3.8) is 0 Å². The molecule has 2 nitrogen and oxygen atoms in total. The lowest BCUT2D eigenvalue weighted by Crippen LogP contribution is -2.25. The maximum Gasteiger partial charge on any atom is 0.306 e. The van der Waals surface area contributed by atoms with Crippen molar-refractivity contribution in [2.75, 3.05) is 18.1 Å². The van der Waals surface area contributed by atoms with Crippen LogP contribution in [0.25, 0.3) is 0 Å². The summed E-state index contributed by atoms with van der Waals surface area (Å²) in [4.78, 5) is 11.3. The molecule has 0 spiro atoms. The van der Waals surface area contributed by atoms with Crippen LogP contribution in [0.2, 0.25) is 0 Å². The average molecular weight is 264 g/mol. The molecule has 0 aromatic rings. The van der Waals surface area contributed by atoms with Crippen molar-refractivity contribution in [1.29, 1.82) is 0 Å². The Balaban J connectivity index is 4.04. The molecule has 16 heavy (non-hydrogen) atoms. The molecule has 96 valence electrons. The summed E-state index contributed by atoms with van der Waals surface area (Å²) in [6.45, 7) is 4.88. The first kappa shape index (κ1) is 16.2. The zero-order chi connectivity index (χ0) is 12.4. The van der Waals surface area contributed by atoms with Gasteiger partial charge in [0.25, 0.3) is 0 Å². The smallest absolute Gasteiger partial charge is 0.306 e. The predicted octanol–water partition coefficient (Wildman–Crippen LogP) is 3.37. The van der Waals surface area contributed by atoms with Gasteiger partial charge in [-0.25, -0.2) is 0 Å². The fourth-order valence-electron chi connectivity index (χ4n) is 1.80. The summed E-state index contributed by atoms with van der Waals surface area (Å²) < 4.78 is 5.28. The first-order valence-corrected chi connectivity index (χ1v) is 7.22. The molecule has 0 aromatic carbocycles. The Morgan fingerprint density at radius 1 is 1.25 bits per heavy atom. The maximum absolute atomic E-state index is 11.3. The molecule has 0 aliphatic heterocycles. The maximum atomic E-state index is 11.3. The number of rotatable bonds is 9. The Morgan fingerprint density at radius 2 is 1.94 bits per heavy atom. The molecule has 0 heterocycles. The Labute approximate surface area is 110 Å². The Morgan fingerprint density at radius 3 is 2.44 bits per heavy atom. The zero-order valence-electron chi connectivity index (χ0n) is 10.4. The lowest BCUT2D eigenvalue weighted by molar-refractivity contribution is -0.146. The number of esters is 1. The molecule has 0 saturated carbocycles. The van der Waals surface area contributed by atoms with Crippen LogP contribution in [-0.2, 0) is 9.53 Å². The van der Waals surface area contributed by atoms with Crippen molar-refractivity contribution in [3.8, 4) is 0 Å². The van der Waals surface area contributed by atoms with Gasteiger partial charge in [0.05, 0.1) is 13.0 Å². The van der Waals surface area contributed by atoms with E-state index in [1.54, 1.807) is 0 Å². The summed E-state index contributed by atoms with van der Waals surface area (Å²) in [6, 6.07) is 0. The Hall–Kier alpha value is 0.170. The second-order valence-electron chi connectivity index (χ2n) is 4.52. The monoisotopic (exact) mass is 264 g/mol. The minimum Gasteiger partial charge on any atom is -0.465 e. The standard InChI is InChI=1S/C12H24O2S2/c1-3-6-12(2,7-4-8-15)10-14-11(13)5-9-16/h15-16H,3-10H2,1-2H3. The van der Waals surface area contributed by atoms with Crippen LogP contribution in [0.4, 0.5) is 0 Å². The minimum atomic E-state index is -0.136. The highest BCUT2D eigenvalue weighted by molar-refractivity contribution is 7.80. The normalized spacial score (nSPS) is 14.5. The molecule has 0 rings (SSSR count). The van der Waals surface area contributed by atoms with Gasteiger partial charge in [-0.1, -0.05) is 20.3 Å². The SMILES string of the molecule is CCCC(C)(CCCS)COC(=O)CCS. The van der Waals surface area contributed by atoms with Gasteiger partial charge in [-0.3, -0.25) is 4.79 Å². The number of hydrogen-bond acceptors (Lipinski definition) is 4. The zero-order valence-corrected chi connectivity index (χ0v) is 12.2. The number of ether oxygens (including phenoxy) is 1. The number of thiol groups is 2. The van der Waals surface area contributed by atoms with Gasteiger partial charge in [-0.05, 0) is 25.0 Å². The predicted molar refractivity (Wildman–Crippen MR) is 75.5 cm³/mol. The van der Waals surface area contributed by atoms with Crippen LogP contribution < -0.4 is 0 Å². The van der Waals surface area contributed by atoms with E-state index < -0.39 is 0 Å². The molecule has 0 aliphatic carbocycles. The number of hydrogen-bond donors (Lipinski definition) is 2. The second kappa shape index (κ2) is 9.23. The van der Waals surface area contributed by atoms with E-state index in [4.69, 9.17) is 4.74 Å². The molecule has 1 unspecified atom stereocenters. The van der Waals surface area contributed by atoms with Crippen molar-refractivity contribution >= 4 is 31.2 Å². The van der Waals surface area contributed by atoms with E-state index in [0.29, 0.717) is 18.8 Å². The van der Waals surface area contributed by atoms with E-state index in [1.807, 2.05) is 0 Å². The van der Waals surface area contributed by atoms with Crippen molar-refractivity contribution < 1.29 is 9.53 Å². The Bertz CT molecular complexity index is 197. The third-order valence-electron chi connectivity index (χ3n) is 2.69. The first-order chi connectivity index (χ1) is 7.58. The lowest BCUT2D eigenvalue weighted by atomic mass is 9.82. The summed E-state index contributed by atoms with van der Waals surface area (Å²) >= 11 is 8.24. The summed E-state index contributed by atoms with van der Waals surface area (Å²) in [6.07, 6.45) is 4.75. The van der Waals surface area contributed by atoms with Gasteiger partial charge in [0.2, 0.25) is 0 Å². The molecular formula is C12H24O2S2. The average Bonchev–Trinajstić information content (AvgIpc) is 2.25. The van der Waals surface area contributed by atoms with Gasteiger partial charge >= 0.3 is 5.97 Å². The quantitative estimate of drug-likeness (QED) is 0.493. The molecule has 1 atom stereocenters. The summed E-state index contributed by atoms with van der Waals surface area (Å²) in [5, 5.41) is 0. The van der Waals surface area contributed by atoms with Crippen LogP contribution >= 0.6 is 25.3 Å².